The van der Waals surface area contributed by atoms with E-state index in [1.807, 2.05) is 24.3 Å². The van der Waals surface area contributed by atoms with E-state index in [9.17, 15) is 13.2 Å². The average Bonchev–Trinajstić information content (AvgIpc) is 2.57. The van der Waals surface area contributed by atoms with Gasteiger partial charge in [0.2, 0.25) is 0 Å². The van der Waals surface area contributed by atoms with Crippen molar-refractivity contribution in [3.8, 4) is 0 Å². The van der Waals surface area contributed by atoms with Gasteiger partial charge in [0, 0.05) is 57.4 Å². The Morgan fingerprint density at radius 1 is 1.08 bits per heavy atom. The zero-order chi connectivity index (χ0) is 17.6. The Morgan fingerprint density at radius 2 is 1.67 bits per heavy atom. The lowest BCUT2D eigenvalue weighted by Crippen LogP contribution is -2.45. The molecule has 0 unspecified atom stereocenters. The van der Waals surface area contributed by atoms with Crippen molar-refractivity contribution in [2.24, 2.45) is 0 Å². The van der Waals surface area contributed by atoms with Crippen molar-refractivity contribution >= 4 is 5.69 Å². The number of anilines is 1. The number of hydrogen-bond acceptors (Lipinski definition) is 3. The Morgan fingerprint density at radius 3 is 2.17 bits per heavy atom. The van der Waals surface area contributed by atoms with Crippen molar-refractivity contribution in [1.29, 1.82) is 0 Å². The number of halogens is 3. The van der Waals surface area contributed by atoms with Gasteiger partial charge in [-0.3, -0.25) is 4.90 Å². The van der Waals surface area contributed by atoms with Gasteiger partial charge in [0.25, 0.3) is 0 Å². The van der Waals surface area contributed by atoms with Crippen LogP contribution < -0.4 is 10.2 Å². The number of nitrogens with zero attached hydrogens (tertiary/aromatic N) is 2. The molecule has 1 aliphatic heterocycles. The monoisotopic (exact) mass is 343 g/mol. The number of benzene rings is 1. The van der Waals surface area contributed by atoms with Crippen LogP contribution in [-0.2, 0) is 0 Å². The van der Waals surface area contributed by atoms with Crippen molar-refractivity contribution < 1.29 is 13.2 Å². The Kier molecular flexibility index (Phi) is 6.92. The van der Waals surface area contributed by atoms with Gasteiger partial charge < -0.3 is 10.2 Å². The number of rotatable bonds is 7. The van der Waals surface area contributed by atoms with Crippen LogP contribution in [0.2, 0.25) is 0 Å². The molecule has 0 amide bonds. The molecular formula is C18H28F3N3. The molecule has 0 aliphatic carbocycles. The molecule has 0 radical (unpaired) electrons. The second-order valence-electron chi connectivity index (χ2n) is 6.22. The normalized spacial score (nSPS) is 17.7. The summed E-state index contributed by atoms with van der Waals surface area (Å²) in [5, 5.41) is 3.26. The summed E-state index contributed by atoms with van der Waals surface area (Å²) in [4.78, 5) is 4.41. The first-order valence-electron chi connectivity index (χ1n) is 8.81. The minimum Gasteiger partial charge on any atom is -0.372 e. The van der Waals surface area contributed by atoms with Crippen LogP contribution in [0.5, 0.6) is 0 Å². The molecule has 1 saturated heterocycles. The van der Waals surface area contributed by atoms with Crippen LogP contribution in [0.4, 0.5) is 18.9 Å². The number of hydrogen-bond donors (Lipinski definition) is 1. The lowest BCUT2D eigenvalue weighted by Gasteiger charge is -2.35. The molecule has 0 aromatic heterocycles. The fourth-order valence-electron chi connectivity index (χ4n) is 3.35. The Bertz CT molecular complexity index is 477. The Hall–Kier alpha value is -1.27. The summed E-state index contributed by atoms with van der Waals surface area (Å²) in [6, 6.07) is 7.89. The molecule has 6 heteroatoms. The van der Waals surface area contributed by atoms with Gasteiger partial charge in [0.05, 0.1) is 0 Å². The molecule has 1 aromatic carbocycles. The lowest BCUT2D eigenvalue weighted by atomic mass is 9.99. The first-order valence-corrected chi connectivity index (χ1v) is 8.81. The van der Waals surface area contributed by atoms with Gasteiger partial charge in [-0.2, -0.15) is 13.2 Å². The van der Waals surface area contributed by atoms with E-state index >= 15 is 0 Å². The van der Waals surface area contributed by atoms with E-state index in [0.29, 0.717) is 0 Å². The third kappa shape index (κ3) is 5.38. The average molecular weight is 343 g/mol. The molecule has 24 heavy (non-hydrogen) atoms. The van der Waals surface area contributed by atoms with Gasteiger partial charge in [-0.15, -0.1) is 0 Å². The van der Waals surface area contributed by atoms with Gasteiger partial charge in [-0.25, -0.2) is 0 Å². The highest BCUT2D eigenvalue weighted by molar-refractivity contribution is 5.47. The van der Waals surface area contributed by atoms with Crippen LogP contribution in [0.25, 0.3) is 0 Å². The summed E-state index contributed by atoms with van der Waals surface area (Å²) in [7, 11) is 0. The van der Waals surface area contributed by atoms with Crippen LogP contribution in [0.15, 0.2) is 24.3 Å². The highest BCUT2D eigenvalue weighted by Crippen LogP contribution is 2.32. The largest absolute Gasteiger partial charge is 0.389 e. The third-order valence-electron chi connectivity index (χ3n) is 4.70. The molecule has 0 saturated carbocycles. The predicted octanol–water partition coefficient (Wildman–Crippen LogP) is 3.82. The van der Waals surface area contributed by atoms with Crippen LogP contribution in [0.1, 0.15) is 38.3 Å². The van der Waals surface area contributed by atoms with Gasteiger partial charge in [0.1, 0.15) is 0 Å². The van der Waals surface area contributed by atoms with Crippen LogP contribution in [0.3, 0.4) is 0 Å². The molecular weight excluding hydrogens is 315 g/mol. The maximum Gasteiger partial charge on any atom is 0.389 e. The number of alkyl halides is 3. The summed E-state index contributed by atoms with van der Waals surface area (Å²) < 4.78 is 38.2. The Labute approximate surface area is 142 Å². The van der Waals surface area contributed by atoms with Crippen molar-refractivity contribution in [2.45, 2.75) is 38.9 Å². The quantitative estimate of drug-likeness (QED) is 0.812. The summed E-state index contributed by atoms with van der Waals surface area (Å²) in [5.74, 6) is 0. The molecule has 0 spiro atoms. The summed E-state index contributed by atoms with van der Waals surface area (Å²) in [5.41, 5.74) is 2.11. The maximum absolute atomic E-state index is 12.7. The maximum atomic E-state index is 12.7. The lowest BCUT2D eigenvalue weighted by molar-refractivity contribution is -0.138. The zero-order valence-electron chi connectivity index (χ0n) is 14.6. The minimum atomic E-state index is -4.10. The molecule has 1 aliphatic rings. The molecule has 1 fully saturated rings. The summed E-state index contributed by atoms with van der Waals surface area (Å²) in [6.45, 7) is 9.30. The van der Waals surface area contributed by atoms with E-state index in [1.54, 1.807) is 0 Å². The van der Waals surface area contributed by atoms with E-state index in [1.165, 1.54) is 0 Å². The van der Waals surface area contributed by atoms with E-state index in [2.05, 4.69) is 29.0 Å². The molecule has 2 rings (SSSR count). The summed E-state index contributed by atoms with van der Waals surface area (Å²) in [6.07, 6.45) is -4.72. The Balaban J connectivity index is 2.15. The van der Waals surface area contributed by atoms with Crippen molar-refractivity contribution in [1.82, 2.24) is 10.2 Å². The molecule has 1 heterocycles. The fourth-order valence-corrected chi connectivity index (χ4v) is 3.35. The topological polar surface area (TPSA) is 18.5 Å². The van der Waals surface area contributed by atoms with Crippen molar-refractivity contribution in [3.05, 3.63) is 29.8 Å². The second kappa shape index (κ2) is 8.72. The van der Waals surface area contributed by atoms with Gasteiger partial charge in [0.15, 0.2) is 0 Å². The number of nitrogens with one attached hydrogen (secondary N) is 1. The van der Waals surface area contributed by atoms with E-state index < -0.39 is 12.6 Å². The molecule has 1 aromatic rings. The van der Waals surface area contributed by atoms with E-state index in [-0.39, 0.29) is 12.5 Å². The molecule has 3 nitrogen and oxygen atoms in total. The molecule has 1 N–H and O–H groups in total. The van der Waals surface area contributed by atoms with Crippen LogP contribution in [-0.4, -0.2) is 50.3 Å². The zero-order valence-corrected chi connectivity index (χ0v) is 14.6. The highest BCUT2D eigenvalue weighted by atomic mass is 19.4. The SMILES string of the molecule is CCN(CC)c1ccc([C@@H](CCC(F)(F)F)N2CCNCC2)cc1. The molecule has 1 atom stereocenters. The summed E-state index contributed by atoms with van der Waals surface area (Å²) >= 11 is 0. The molecule has 0 bridgehead atoms. The van der Waals surface area contributed by atoms with Gasteiger partial charge >= 0.3 is 6.18 Å². The van der Waals surface area contributed by atoms with Crippen molar-refractivity contribution in [2.75, 3.05) is 44.2 Å². The van der Waals surface area contributed by atoms with Crippen LogP contribution >= 0.6 is 0 Å². The number of piperazine rings is 1. The van der Waals surface area contributed by atoms with Crippen molar-refractivity contribution in [3.63, 3.8) is 0 Å². The van der Waals surface area contributed by atoms with Crippen LogP contribution in [0, 0.1) is 0 Å². The standard InChI is InChI=1S/C18H28F3N3/c1-3-23(4-2)16-7-5-15(6-8-16)17(9-10-18(19,20)21)24-13-11-22-12-14-24/h5-8,17,22H,3-4,9-14H2,1-2H3/t17-/m1/s1. The predicted molar refractivity (Wildman–Crippen MR) is 92.5 cm³/mol. The fraction of sp³-hybridized carbons (Fsp3) is 0.667. The first-order chi connectivity index (χ1) is 11.4. The highest BCUT2D eigenvalue weighted by Gasteiger charge is 2.31. The van der Waals surface area contributed by atoms with Gasteiger partial charge in [-0.1, -0.05) is 12.1 Å². The molecule has 136 valence electrons. The van der Waals surface area contributed by atoms with E-state index in [0.717, 1.165) is 50.5 Å². The second-order valence-corrected chi connectivity index (χ2v) is 6.22. The third-order valence-corrected chi connectivity index (χ3v) is 4.70. The van der Waals surface area contributed by atoms with Gasteiger partial charge in [-0.05, 0) is 38.0 Å². The first kappa shape index (κ1) is 19.1. The van der Waals surface area contributed by atoms with E-state index in [4.69, 9.17) is 0 Å². The smallest absolute Gasteiger partial charge is 0.372 e. The minimum absolute atomic E-state index is 0.119.